The zero-order valence-corrected chi connectivity index (χ0v) is 8.80. The molecule has 1 aromatic rings. The van der Waals surface area contributed by atoms with Crippen LogP contribution in [0.15, 0.2) is 4.42 Å². The summed E-state index contributed by atoms with van der Waals surface area (Å²) in [6, 6.07) is 0. The predicted octanol–water partition coefficient (Wildman–Crippen LogP) is 2.76. The molecule has 0 bridgehead atoms. The van der Waals surface area contributed by atoms with E-state index in [2.05, 4.69) is 23.4 Å². The number of thioether (sulfide) groups is 1. The molecule has 13 heavy (non-hydrogen) atoms. The molecule has 1 aliphatic carbocycles. The van der Waals surface area contributed by atoms with Gasteiger partial charge in [0.25, 0.3) is 0 Å². The standard InChI is InChI=1S/C9H14N2OS/c1-6(13-2)8-10-11-9(12-8)7-4-3-5-7/h6-7H,3-5H2,1-2H3. The van der Waals surface area contributed by atoms with Crippen molar-refractivity contribution in [2.24, 2.45) is 0 Å². The molecule has 0 radical (unpaired) electrons. The first-order chi connectivity index (χ1) is 6.31. The Bertz CT molecular complexity index is 264. The minimum absolute atomic E-state index is 0.321. The van der Waals surface area contributed by atoms with Gasteiger partial charge in [-0.1, -0.05) is 6.42 Å². The van der Waals surface area contributed by atoms with E-state index in [0.717, 1.165) is 11.8 Å². The lowest BCUT2D eigenvalue weighted by atomic mass is 9.85. The van der Waals surface area contributed by atoms with Crippen molar-refractivity contribution in [2.45, 2.75) is 37.4 Å². The topological polar surface area (TPSA) is 38.9 Å². The van der Waals surface area contributed by atoms with Crippen LogP contribution in [0.4, 0.5) is 0 Å². The molecule has 1 fully saturated rings. The van der Waals surface area contributed by atoms with Crippen LogP contribution >= 0.6 is 11.8 Å². The zero-order chi connectivity index (χ0) is 9.26. The molecule has 0 saturated heterocycles. The van der Waals surface area contributed by atoms with Crippen molar-refractivity contribution in [1.82, 2.24) is 10.2 Å². The molecule has 1 aliphatic rings. The Balaban J connectivity index is 2.08. The molecule has 3 nitrogen and oxygen atoms in total. The lowest BCUT2D eigenvalue weighted by molar-refractivity contribution is 0.325. The van der Waals surface area contributed by atoms with Crippen molar-refractivity contribution in [3.05, 3.63) is 11.8 Å². The molecular formula is C9H14N2OS. The SMILES string of the molecule is CSC(C)c1nnc(C2CCC2)o1. The molecule has 0 aromatic carbocycles. The van der Waals surface area contributed by atoms with Gasteiger partial charge in [0.2, 0.25) is 11.8 Å². The second kappa shape index (κ2) is 3.70. The van der Waals surface area contributed by atoms with E-state index in [-0.39, 0.29) is 0 Å². The highest BCUT2D eigenvalue weighted by Crippen LogP contribution is 2.36. The fraction of sp³-hybridized carbons (Fsp3) is 0.778. The number of aromatic nitrogens is 2. The van der Waals surface area contributed by atoms with Crippen LogP contribution in [-0.4, -0.2) is 16.5 Å². The van der Waals surface area contributed by atoms with E-state index in [1.165, 1.54) is 19.3 Å². The van der Waals surface area contributed by atoms with Gasteiger partial charge in [0.1, 0.15) is 0 Å². The van der Waals surface area contributed by atoms with Crippen molar-refractivity contribution < 1.29 is 4.42 Å². The zero-order valence-electron chi connectivity index (χ0n) is 7.99. The van der Waals surface area contributed by atoms with Gasteiger partial charge >= 0.3 is 0 Å². The van der Waals surface area contributed by atoms with Crippen LogP contribution in [0, 0.1) is 0 Å². The summed E-state index contributed by atoms with van der Waals surface area (Å²) in [5.74, 6) is 2.17. The van der Waals surface area contributed by atoms with Gasteiger partial charge in [-0.25, -0.2) is 0 Å². The smallest absolute Gasteiger partial charge is 0.229 e. The minimum Gasteiger partial charge on any atom is -0.424 e. The lowest BCUT2D eigenvalue weighted by Gasteiger charge is -2.20. The van der Waals surface area contributed by atoms with Crippen LogP contribution in [0.2, 0.25) is 0 Å². The quantitative estimate of drug-likeness (QED) is 0.748. The van der Waals surface area contributed by atoms with Crippen molar-refractivity contribution in [2.75, 3.05) is 6.26 Å². The summed E-state index contributed by atoms with van der Waals surface area (Å²) in [6.45, 7) is 2.09. The maximum absolute atomic E-state index is 5.60. The highest BCUT2D eigenvalue weighted by molar-refractivity contribution is 7.98. The van der Waals surface area contributed by atoms with E-state index in [9.17, 15) is 0 Å². The fourth-order valence-corrected chi connectivity index (χ4v) is 1.63. The predicted molar refractivity (Wildman–Crippen MR) is 52.8 cm³/mol. The van der Waals surface area contributed by atoms with E-state index >= 15 is 0 Å². The Hall–Kier alpha value is -0.510. The Morgan fingerprint density at radius 2 is 2.23 bits per heavy atom. The Morgan fingerprint density at radius 1 is 1.46 bits per heavy atom. The summed E-state index contributed by atoms with van der Waals surface area (Å²) in [4.78, 5) is 0. The van der Waals surface area contributed by atoms with Gasteiger partial charge in [0.05, 0.1) is 5.25 Å². The van der Waals surface area contributed by atoms with Crippen molar-refractivity contribution >= 4 is 11.8 Å². The number of hydrogen-bond donors (Lipinski definition) is 0. The number of rotatable bonds is 3. The van der Waals surface area contributed by atoms with Crippen LogP contribution in [-0.2, 0) is 0 Å². The molecule has 0 aliphatic heterocycles. The van der Waals surface area contributed by atoms with E-state index in [1.807, 2.05) is 0 Å². The maximum Gasteiger partial charge on any atom is 0.229 e. The third-order valence-electron chi connectivity index (χ3n) is 2.61. The number of hydrogen-bond acceptors (Lipinski definition) is 4. The molecular weight excluding hydrogens is 184 g/mol. The van der Waals surface area contributed by atoms with Crippen LogP contribution in [0.25, 0.3) is 0 Å². The molecule has 72 valence electrons. The second-order valence-electron chi connectivity index (χ2n) is 3.48. The van der Waals surface area contributed by atoms with Gasteiger partial charge in [0.15, 0.2) is 0 Å². The molecule has 1 aromatic heterocycles. The normalized spacial score (nSPS) is 19.8. The van der Waals surface area contributed by atoms with Crippen LogP contribution in [0.1, 0.15) is 49.1 Å². The summed E-state index contributed by atoms with van der Waals surface area (Å²) in [6.07, 6.45) is 5.79. The average Bonchev–Trinajstić information content (AvgIpc) is 2.49. The summed E-state index contributed by atoms with van der Waals surface area (Å²) >= 11 is 1.73. The van der Waals surface area contributed by atoms with E-state index < -0.39 is 0 Å². The Kier molecular flexibility index (Phi) is 2.58. The van der Waals surface area contributed by atoms with Gasteiger partial charge in [-0.05, 0) is 26.0 Å². The van der Waals surface area contributed by atoms with Gasteiger partial charge in [-0.2, -0.15) is 11.8 Å². The summed E-state index contributed by atoms with van der Waals surface area (Å²) in [7, 11) is 0. The first-order valence-corrected chi connectivity index (χ1v) is 5.96. The highest BCUT2D eigenvalue weighted by atomic mass is 32.2. The Labute approximate surface area is 82.3 Å². The van der Waals surface area contributed by atoms with Crippen LogP contribution in [0.5, 0.6) is 0 Å². The second-order valence-corrected chi connectivity index (χ2v) is 4.66. The van der Waals surface area contributed by atoms with Crippen molar-refractivity contribution in [1.29, 1.82) is 0 Å². The van der Waals surface area contributed by atoms with E-state index in [1.54, 1.807) is 11.8 Å². The Morgan fingerprint density at radius 3 is 2.77 bits per heavy atom. The number of nitrogens with zero attached hydrogens (tertiary/aromatic N) is 2. The first-order valence-electron chi connectivity index (χ1n) is 4.67. The molecule has 1 saturated carbocycles. The van der Waals surface area contributed by atoms with Gasteiger partial charge in [0, 0.05) is 5.92 Å². The third-order valence-corrected chi connectivity index (χ3v) is 3.52. The molecule has 1 unspecified atom stereocenters. The van der Waals surface area contributed by atoms with E-state index in [4.69, 9.17) is 4.42 Å². The van der Waals surface area contributed by atoms with Gasteiger partial charge in [-0.3, -0.25) is 0 Å². The molecule has 1 atom stereocenters. The summed E-state index contributed by atoms with van der Waals surface area (Å²) in [5, 5.41) is 8.45. The van der Waals surface area contributed by atoms with Crippen molar-refractivity contribution in [3.8, 4) is 0 Å². The molecule has 1 heterocycles. The minimum atomic E-state index is 0.321. The molecule has 0 amide bonds. The average molecular weight is 198 g/mol. The summed E-state index contributed by atoms with van der Waals surface area (Å²) < 4.78 is 5.60. The third kappa shape index (κ3) is 1.73. The van der Waals surface area contributed by atoms with Crippen molar-refractivity contribution in [3.63, 3.8) is 0 Å². The lowest BCUT2D eigenvalue weighted by Crippen LogP contribution is -2.08. The molecule has 0 spiro atoms. The van der Waals surface area contributed by atoms with Crippen LogP contribution < -0.4 is 0 Å². The maximum atomic E-state index is 5.60. The fourth-order valence-electron chi connectivity index (χ4n) is 1.33. The molecule has 2 rings (SSSR count). The largest absolute Gasteiger partial charge is 0.424 e. The highest BCUT2D eigenvalue weighted by Gasteiger charge is 2.25. The van der Waals surface area contributed by atoms with Gasteiger partial charge < -0.3 is 4.42 Å². The molecule has 4 heteroatoms. The van der Waals surface area contributed by atoms with E-state index in [0.29, 0.717) is 11.2 Å². The van der Waals surface area contributed by atoms with Crippen LogP contribution in [0.3, 0.4) is 0 Å². The summed E-state index contributed by atoms with van der Waals surface area (Å²) in [5.41, 5.74) is 0. The monoisotopic (exact) mass is 198 g/mol. The first kappa shape index (κ1) is 9.06. The molecule has 0 N–H and O–H groups in total. The van der Waals surface area contributed by atoms with Gasteiger partial charge in [-0.15, -0.1) is 10.2 Å².